The van der Waals surface area contributed by atoms with Crippen LogP contribution in [-0.2, 0) is 0 Å². The smallest absolute Gasteiger partial charge is 0.160 e. The number of para-hydroxylation sites is 2. The Morgan fingerprint density at radius 3 is 0.849 bits per heavy atom. The number of fused-ring (bicyclic) bond motifs is 9. The van der Waals surface area contributed by atoms with Crippen LogP contribution in [0.3, 0.4) is 0 Å². The molecule has 9 heteroatoms. The molecular weight excluding hydrogens is 1530 g/mol. The summed E-state index contributed by atoms with van der Waals surface area (Å²) in [6, 6.07) is 154. The quantitative estimate of drug-likeness (QED) is 0.118. The van der Waals surface area contributed by atoms with Gasteiger partial charge in [0.05, 0.1) is 56.6 Å². The minimum Gasteiger partial charge on any atom is -0.256 e. The van der Waals surface area contributed by atoms with Crippen LogP contribution in [0.25, 0.3) is 233 Å². The molecule has 0 unspecified atom stereocenters. The summed E-state index contributed by atoms with van der Waals surface area (Å²) in [6.07, 6.45) is 3.81. The molecule has 588 valence electrons. The summed E-state index contributed by atoms with van der Waals surface area (Å²) in [5.74, 6) is 2.07. The lowest BCUT2D eigenvalue weighted by atomic mass is 10.0. The third-order valence-electron chi connectivity index (χ3n) is 23.6. The zero-order valence-corrected chi connectivity index (χ0v) is 68.3. The lowest BCUT2D eigenvalue weighted by molar-refractivity contribution is 1.18. The van der Waals surface area contributed by atoms with E-state index >= 15 is 0 Å². The maximum atomic E-state index is 5.13. The summed E-state index contributed by atoms with van der Waals surface area (Å²) in [4.78, 5) is 45.0. The van der Waals surface area contributed by atoms with Crippen molar-refractivity contribution in [2.45, 2.75) is 0 Å². The molecule has 0 bridgehead atoms. The number of benzene rings is 18. The van der Waals surface area contributed by atoms with Crippen LogP contribution in [-0.4, -0.2) is 44.9 Å². The molecule has 18 aromatic carbocycles. The van der Waals surface area contributed by atoms with Crippen LogP contribution in [0.5, 0.6) is 0 Å². The van der Waals surface area contributed by atoms with E-state index < -0.39 is 0 Å². The number of pyridine rings is 3. The van der Waals surface area contributed by atoms with Gasteiger partial charge in [0.25, 0.3) is 0 Å². The Balaban J connectivity index is 0.000000112. The van der Waals surface area contributed by atoms with Crippen molar-refractivity contribution in [1.82, 2.24) is 44.9 Å². The van der Waals surface area contributed by atoms with Crippen LogP contribution in [0.1, 0.15) is 0 Å². The number of nitrogens with zero attached hydrogens (tertiary/aromatic N) is 9. The van der Waals surface area contributed by atoms with E-state index in [1.807, 2.05) is 42.7 Å². The van der Waals surface area contributed by atoms with Crippen molar-refractivity contribution in [3.63, 3.8) is 0 Å². The molecule has 0 amide bonds. The van der Waals surface area contributed by atoms with Gasteiger partial charge in [-0.25, -0.2) is 34.9 Å². The van der Waals surface area contributed by atoms with E-state index in [9.17, 15) is 0 Å². The molecule has 0 atom stereocenters. The highest BCUT2D eigenvalue weighted by Crippen LogP contribution is 2.39. The van der Waals surface area contributed by atoms with E-state index in [4.69, 9.17) is 39.9 Å². The number of rotatable bonds is 12. The average molecular weight is 1610 g/mol. The predicted octanol–water partition coefficient (Wildman–Crippen LogP) is 30.0. The second-order valence-electron chi connectivity index (χ2n) is 31.7. The van der Waals surface area contributed by atoms with Gasteiger partial charge in [0, 0.05) is 95.3 Å². The first-order valence-corrected chi connectivity index (χ1v) is 42.3. The molecule has 6 heterocycles. The molecule has 6 aromatic heterocycles. The van der Waals surface area contributed by atoms with Crippen molar-refractivity contribution in [2.24, 2.45) is 0 Å². The molecule has 0 aliphatic carbocycles. The van der Waals surface area contributed by atoms with Crippen molar-refractivity contribution < 1.29 is 0 Å². The average Bonchev–Trinajstić information content (AvgIpc) is 0.784. The fraction of sp³-hybridized carbons (Fsp3) is 0. The molecule has 0 saturated carbocycles. The standard InChI is InChI=1S/3C39H25N3/c1-3-11-29-22-31(18-16-26(29)8-1)36-25-37(32-19-17-27-9-2-4-12-30(27)23-32)42-39(41-36)34-14-7-13-33(24-34)38-35-15-6-5-10-28(35)20-21-40-38;1-3-11-29-22-32(18-16-26(29)8-1)37-25-38(33-19-17-27-9-2-4-12-30(27)23-33)42-39(41-37)34-14-7-13-31(24-34)36-21-20-28-10-5-6-15-35(28)40-36;1-3-9-30-21-33(19-15-26(30)7-1)37-24-38(34-20-16-27-8-2-4-10-31(27)22-34)42-39(41-37)29-17-13-28(14-18-29)35-23-32-11-5-6-12-36(32)40-25-35/h3*1-25H. The Kier molecular flexibility index (Phi) is 19.8. The zero-order valence-electron chi connectivity index (χ0n) is 68.3. The molecule has 0 aliphatic heterocycles. The van der Waals surface area contributed by atoms with E-state index in [1.165, 1.54) is 70.0 Å². The van der Waals surface area contributed by atoms with Gasteiger partial charge in [-0.1, -0.05) is 346 Å². The van der Waals surface area contributed by atoms with Gasteiger partial charge in [0.2, 0.25) is 0 Å². The zero-order chi connectivity index (χ0) is 83.6. The minimum absolute atomic E-state index is 0.686. The second kappa shape index (κ2) is 33.2. The normalized spacial score (nSPS) is 11.3. The molecule has 24 aromatic rings. The molecule has 0 N–H and O–H groups in total. The fourth-order valence-electron chi connectivity index (χ4n) is 16.9. The van der Waals surface area contributed by atoms with Crippen LogP contribution in [0.4, 0.5) is 0 Å². The first kappa shape index (κ1) is 75.2. The molecule has 24 rings (SSSR count). The van der Waals surface area contributed by atoms with Crippen LogP contribution < -0.4 is 0 Å². The van der Waals surface area contributed by atoms with Gasteiger partial charge in [-0.15, -0.1) is 0 Å². The molecule has 0 spiro atoms. The highest BCUT2D eigenvalue weighted by molar-refractivity contribution is 5.98. The van der Waals surface area contributed by atoms with Gasteiger partial charge in [-0.05, 0) is 173 Å². The van der Waals surface area contributed by atoms with Crippen molar-refractivity contribution >= 4 is 97.2 Å². The van der Waals surface area contributed by atoms with Crippen LogP contribution in [0.2, 0.25) is 0 Å². The maximum absolute atomic E-state index is 5.13. The SMILES string of the molecule is c1cc(-c2ccc3ccccc3n2)cc(-c2nc(-c3ccc4ccccc4c3)cc(-c3ccc4ccccc4c3)n2)c1.c1cc(-c2nc(-c3ccc4ccccc4c3)cc(-c3ccc4ccccc4c3)n2)cc(-c2nccc3ccccc23)c1.c1ccc2cc(-c3cc(-c4ccc5ccccc5c4)nc(-c4ccc(-c5cnc6ccccc6c5)cc4)n3)ccc2c1. The Bertz CT molecular complexity index is 8030. The van der Waals surface area contributed by atoms with Crippen molar-refractivity contribution in [2.75, 3.05) is 0 Å². The summed E-state index contributed by atoms with van der Waals surface area (Å²) in [5, 5.41) is 18.9. The van der Waals surface area contributed by atoms with Crippen molar-refractivity contribution in [1.29, 1.82) is 0 Å². The van der Waals surface area contributed by atoms with E-state index in [-0.39, 0.29) is 0 Å². The van der Waals surface area contributed by atoms with Gasteiger partial charge < -0.3 is 0 Å². The summed E-state index contributed by atoms with van der Waals surface area (Å²) < 4.78 is 0. The Morgan fingerprint density at radius 2 is 0.429 bits per heavy atom. The lowest BCUT2D eigenvalue weighted by Crippen LogP contribution is -1.96. The van der Waals surface area contributed by atoms with E-state index in [0.717, 1.165) is 145 Å². The van der Waals surface area contributed by atoms with Gasteiger partial charge in [-0.2, -0.15) is 0 Å². The second-order valence-corrected chi connectivity index (χ2v) is 31.7. The number of hydrogen-bond donors (Lipinski definition) is 0. The summed E-state index contributed by atoms with van der Waals surface area (Å²) in [7, 11) is 0. The largest absolute Gasteiger partial charge is 0.256 e. The molecule has 0 radical (unpaired) electrons. The molecule has 0 fully saturated rings. The monoisotopic (exact) mass is 1610 g/mol. The molecule has 0 saturated heterocycles. The van der Waals surface area contributed by atoms with Crippen molar-refractivity contribution in [3.8, 4) is 135 Å². The lowest BCUT2D eigenvalue weighted by Gasteiger charge is -2.12. The third-order valence-corrected chi connectivity index (χ3v) is 23.6. The summed E-state index contributed by atoms with van der Waals surface area (Å²) in [5.41, 5.74) is 22.7. The highest BCUT2D eigenvalue weighted by Gasteiger charge is 2.19. The molecule has 126 heavy (non-hydrogen) atoms. The first-order chi connectivity index (χ1) is 62.3. The van der Waals surface area contributed by atoms with Gasteiger partial charge in [0.1, 0.15) is 0 Å². The summed E-state index contributed by atoms with van der Waals surface area (Å²) >= 11 is 0. The van der Waals surface area contributed by atoms with Gasteiger partial charge in [-0.3, -0.25) is 9.97 Å². The van der Waals surface area contributed by atoms with Crippen LogP contribution in [0.15, 0.2) is 455 Å². The maximum Gasteiger partial charge on any atom is 0.160 e. The number of hydrogen-bond acceptors (Lipinski definition) is 9. The molecule has 0 aliphatic rings. The van der Waals surface area contributed by atoms with Gasteiger partial charge >= 0.3 is 0 Å². The van der Waals surface area contributed by atoms with E-state index in [1.54, 1.807) is 0 Å². The Hall–Kier alpha value is -17.0. The fourth-order valence-corrected chi connectivity index (χ4v) is 16.9. The predicted molar refractivity (Wildman–Crippen MR) is 522 cm³/mol. The van der Waals surface area contributed by atoms with Crippen LogP contribution in [0, 0.1) is 0 Å². The Morgan fingerprint density at radius 1 is 0.135 bits per heavy atom. The van der Waals surface area contributed by atoms with E-state index in [0.29, 0.717) is 17.5 Å². The van der Waals surface area contributed by atoms with Crippen LogP contribution >= 0.6 is 0 Å². The topological polar surface area (TPSA) is 116 Å². The highest BCUT2D eigenvalue weighted by atomic mass is 14.9. The Labute approximate surface area is 727 Å². The first-order valence-electron chi connectivity index (χ1n) is 42.3. The third kappa shape index (κ3) is 15.6. The van der Waals surface area contributed by atoms with E-state index in [2.05, 4.69) is 417 Å². The van der Waals surface area contributed by atoms with Crippen molar-refractivity contribution in [3.05, 3.63) is 455 Å². The van der Waals surface area contributed by atoms with Gasteiger partial charge in [0.15, 0.2) is 17.5 Å². The summed E-state index contributed by atoms with van der Waals surface area (Å²) in [6.45, 7) is 0. The number of aromatic nitrogens is 9. The minimum atomic E-state index is 0.686. The molecule has 9 nitrogen and oxygen atoms in total. The molecular formula is C117H75N9.